The van der Waals surface area contributed by atoms with Crippen LogP contribution in [-0.4, -0.2) is 17.7 Å². The zero-order valence-electron chi connectivity index (χ0n) is 13.8. The van der Waals surface area contributed by atoms with Gasteiger partial charge in [0.05, 0.1) is 0 Å². The summed E-state index contributed by atoms with van der Waals surface area (Å²) in [6.45, 7) is 5.69. The maximum atomic E-state index is 12.3. The topological polar surface area (TPSA) is 47.6 Å². The molecule has 0 radical (unpaired) electrons. The van der Waals surface area contributed by atoms with Crippen LogP contribution in [0.4, 0.5) is 0 Å². The second-order valence-corrected chi connectivity index (χ2v) is 5.90. The van der Waals surface area contributed by atoms with Crippen LogP contribution in [0.1, 0.15) is 26.3 Å². The van der Waals surface area contributed by atoms with Gasteiger partial charge < -0.3 is 9.47 Å². The maximum absolute atomic E-state index is 12.3. The number of esters is 1. The van der Waals surface area contributed by atoms with E-state index in [4.69, 9.17) is 9.47 Å². The number of ether oxygens (including phenoxy) is 2. The van der Waals surface area contributed by atoms with Crippen molar-refractivity contribution in [2.45, 2.75) is 39.1 Å². The Bertz CT molecular complexity index is 611. The fourth-order valence-electron chi connectivity index (χ4n) is 2.20. The number of nitrogens with one attached hydrogen (secondary N) is 1. The van der Waals surface area contributed by atoms with E-state index >= 15 is 0 Å². The van der Waals surface area contributed by atoms with Crippen LogP contribution in [0.3, 0.4) is 0 Å². The molecule has 4 heteroatoms. The Balaban J connectivity index is 1.85. The first-order valence-corrected chi connectivity index (χ1v) is 7.68. The van der Waals surface area contributed by atoms with Crippen molar-refractivity contribution in [1.82, 2.24) is 5.32 Å². The van der Waals surface area contributed by atoms with Gasteiger partial charge in [-0.2, -0.15) is 0 Å². The van der Waals surface area contributed by atoms with Gasteiger partial charge in [-0.1, -0.05) is 48.5 Å². The predicted molar refractivity (Wildman–Crippen MR) is 90.0 cm³/mol. The quantitative estimate of drug-likeness (QED) is 0.627. The molecule has 0 aliphatic rings. The molecule has 2 aromatic rings. The molecule has 0 bridgehead atoms. The lowest BCUT2D eigenvalue weighted by molar-refractivity contribution is -0.152. The highest BCUT2D eigenvalue weighted by atomic mass is 16.5. The summed E-state index contributed by atoms with van der Waals surface area (Å²) in [5, 5.41) is 3.14. The first-order valence-electron chi connectivity index (χ1n) is 7.68. The van der Waals surface area contributed by atoms with E-state index in [-0.39, 0.29) is 18.8 Å². The Morgan fingerprint density at radius 3 is 2.22 bits per heavy atom. The molecule has 0 spiro atoms. The van der Waals surface area contributed by atoms with Gasteiger partial charge in [-0.3, -0.25) is 10.1 Å². The van der Waals surface area contributed by atoms with E-state index in [2.05, 4.69) is 5.32 Å². The smallest absolute Gasteiger partial charge is 0.326 e. The van der Waals surface area contributed by atoms with Crippen LogP contribution < -0.4 is 10.1 Å². The summed E-state index contributed by atoms with van der Waals surface area (Å²) in [7, 11) is 0. The Morgan fingerprint density at radius 1 is 1.04 bits per heavy atom. The van der Waals surface area contributed by atoms with Crippen molar-refractivity contribution in [3.63, 3.8) is 0 Å². The molecule has 1 N–H and O–H groups in total. The second kappa shape index (κ2) is 7.79. The number of carbonyl (C=O) groups excluding carboxylic acids is 1. The molecule has 1 unspecified atom stereocenters. The van der Waals surface area contributed by atoms with E-state index in [0.717, 1.165) is 11.3 Å². The Labute approximate surface area is 137 Å². The molecule has 2 aromatic carbocycles. The van der Waals surface area contributed by atoms with Gasteiger partial charge in [0, 0.05) is 0 Å². The van der Waals surface area contributed by atoms with E-state index in [1.165, 1.54) is 0 Å². The highest BCUT2D eigenvalue weighted by Crippen LogP contribution is 2.13. The monoisotopic (exact) mass is 313 g/mol. The number of benzene rings is 2. The van der Waals surface area contributed by atoms with Crippen LogP contribution in [0.5, 0.6) is 5.75 Å². The lowest BCUT2D eigenvalue weighted by atomic mass is 10.1. The third-order valence-corrected chi connectivity index (χ3v) is 3.34. The molecule has 0 amide bonds. The largest absolute Gasteiger partial charge is 0.476 e. The van der Waals surface area contributed by atoms with E-state index in [9.17, 15) is 4.79 Å². The van der Waals surface area contributed by atoms with Crippen molar-refractivity contribution in [2.75, 3.05) is 0 Å². The molecular weight excluding hydrogens is 290 g/mol. The van der Waals surface area contributed by atoms with Gasteiger partial charge in [0.15, 0.2) is 0 Å². The van der Waals surface area contributed by atoms with Gasteiger partial charge in [-0.05, 0) is 38.5 Å². The van der Waals surface area contributed by atoms with Crippen LogP contribution in [0.2, 0.25) is 0 Å². The molecule has 0 aliphatic carbocycles. The average Bonchev–Trinajstić information content (AvgIpc) is 2.54. The standard InChI is InChI=1S/C19H23NO3/c1-15(23-17-12-8-5-9-13-17)20-19(2,3)18(21)22-14-16-10-6-4-7-11-16/h4-13,15,20H,14H2,1-3H3. The zero-order chi connectivity index (χ0) is 16.7. The summed E-state index contributed by atoms with van der Waals surface area (Å²) < 4.78 is 11.1. The molecule has 0 heterocycles. The van der Waals surface area contributed by atoms with Crippen LogP contribution in [0.15, 0.2) is 60.7 Å². The maximum Gasteiger partial charge on any atom is 0.326 e. The molecule has 4 nitrogen and oxygen atoms in total. The Hall–Kier alpha value is -2.33. The third kappa shape index (κ3) is 5.42. The highest BCUT2D eigenvalue weighted by molar-refractivity contribution is 5.79. The summed E-state index contributed by atoms with van der Waals surface area (Å²) in [5.74, 6) is 0.436. The molecule has 0 fully saturated rings. The van der Waals surface area contributed by atoms with Crippen molar-refractivity contribution in [3.8, 4) is 5.75 Å². The van der Waals surface area contributed by atoms with Gasteiger partial charge >= 0.3 is 5.97 Å². The summed E-state index contributed by atoms with van der Waals surface area (Å²) in [4.78, 5) is 12.3. The summed E-state index contributed by atoms with van der Waals surface area (Å²) >= 11 is 0. The molecule has 0 saturated carbocycles. The van der Waals surface area contributed by atoms with Gasteiger partial charge in [-0.25, -0.2) is 0 Å². The summed E-state index contributed by atoms with van der Waals surface area (Å²) in [6.07, 6.45) is -0.323. The minimum Gasteiger partial charge on any atom is -0.476 e. The molecule has 1 atom stereocenters. The predicted octanol–water partition coefficient (Wildman–Crippen LogP) is 3.52. The van der Waals surface area contributed by atoms with Gasteiger partial charge in [0.1, 0.15) is 24.1 Å². The normalized spacial score (nSPS) is 12.5. The second-order valence-electron chi connectivity index (χ2n) is 5.90. The fraction of sp³-hybridized carbons (Fsp3) is 0.316. The first-order chi connectivity index (χ1) is 11.0. The molecule has 0 aliphatic heterocycles. The lowest BCUT2D eigenvalue weighted by Crippen LogP contribution is -2.53. The van der Waals surface area contributed by atoms with Crippen molar-refractivity contribution in [1.29, 1.82) is 0 Å². The van der Waals surface area contributed by atoms with Crippen LogP contribution in [0, 0.1) is 0 Å². The minimum absolute atomic E-state index is 0.263. The van der Waals surface area contributed by atoms with Crippen LogP contribution >= 0.6 is 0 Å². The molecule has 2 rings (SSSR count). The van der Waals surface area contributed by atoms with Crippen molar-refractivity contribution >= 4 is 5.97 Å². The number of rotatable bonds is 7. The highest BCUT2D eigenvalue weighted by Gasteiger charge is 2.31. The average molecular weight is 313 g/mol. The molecule has 0 saturated heterocycles. The lowest BCUT2D eigenvalue weighted by Gasteiger charge is -2.28. The van der Waals surface area contributed by atoms with E-state index in [1.807, 2.05) is 67.6 Å². The zero-order valence-corrected chi connectivity index (χ0v) is 13.8. The Kier molecular flexibility index (Phi) is 5.77. The third-order valence-electron chi connectivity index (χ3n) is 3.34. The summed E-state index contributed by atoms with van der Waals surface area (Å²) in [5.41, 5.74) is 0.119. The molecule has 23 heavy (non-hydrogen) atoms. The SMILES string of the molecule is CC(NC(C)(C)C(=O)OCc1ccccc1)Oc1ccccc1. The van der Waals surface area contributed by atoms with E-state index < -0.39 is 5.54 Å². The van der Waals surface area contributed by atoms with Crippen LogP contribution in [-0.2, 0) is 16.1 Å². The minimum atomic E-state index is -0.844. The number of hydrogen-bond donors (Lipinski definition) is 1. The van der Waals surface area contributed by atoms with Crippen molar-refractivity contribution in [2.24, 2.45) is 0 Å². The number of carbonyl (C=O) groups is 1. The fourth-order valence-corrected chi connectivity index (χ4v) is 2.20. The molecule has 122 valence electrons. The van der Waals surface area contributed by atoms with Gasteiger partial charge in [-0.15, -0.1) is 0 Å². The van der Waals surface area contributed by atoms with Crippen LogP contribution in [0.25, 0.3) is 0 Å². The number of para-hydroxylation sites is 1. The van der Waals surface area contributed by atoms with Gasteiger partial charge in [0.2, 0.25) is 0 Å². The van der Waals surface area contributed by atoms with Gasteiger partial charge in [0.25, 0.3) is 0 Å². The first kappa shape index (κ1) is 17.0. The van der Waals surface area contributed by atoms with E-state index in [1.54, 1.807) is 13.8 Å². The summed E-state index contributed by atoms with van der Waals surface area (Å²) in [6, 6.07) is 19.1. The molecular formula is C19H23NO3. The molecule has 0 aromatic heterocycles. The van der Waals surface area contributed by atoms with Crippen molar-refractivity contribution in [3.05, 3.63) is 66.2 Å². The Morgan fingerprint density at radius 2 is 1.61 bits per heavy atom. The van der Waals surface area contributed by atoms with E-state index in [0.29, 0.717) is 0 Å². The van der Waals surface area contributed by atoms with Crippen molar-refractivity contribution < 1.29 is 14.3 Å². The number of hydrogen-bond acceptors (Lipinski definition) is 4.